The molecule has 0 spiro atoms. The van der Waals surface area contributed by atoms with Crippen molar-refractivity contribution < 1.29 is 9.53 Å². The lowest BCUT2D eigenvalue weighted by Gasteiger charge is -2.16. The molecule has 1 amide bonds. The van der Waals surface area contributed by atoms with Crippen LogP contribution in [0.25, 0.3) is 5.13 Å². The van der Waals surface area contributed by atoms with Crippen molar-refractivity contribution >= 4 is 17.2 Å². The molecule has 7 heteroatoms. The van der Waals surface area contributed by atoms with Gasteiger partial charge >= 0.3 is 0 Å². The number of hydrogen-bond donors (Lipinski definition) is 0. The standard InChI is InChI=1S/C18H18N4O2S/c1-13-16(25-18(20-13)21-9-4-5-10-21)17(23)22-11-7-14(12-22)24-15-6-2-3-8-19-15/h2-6,8-10,14H,7,11-12H2,1H3. The summed E-state index contributed by atoms with van der Waals surface area (Å²) in [6.45, 7) is 3.15. The van der Waals surface area contributed by atoms with Crippen molar-refractivity contribution in [3.63, 3.8) is 0 Å². The van der Waals surface area contributed by atoms with E-state index in [9.17, 15) is 4.79 Å². The summed E-state index contributed by atoms with van der Waals surface area (Å²) in [5.74, 6) is 0.631. The first kappa shape index (κ1) is 15.8. The normalized spacial score (nSPS) is 17.0. The van der Waals surface area contributed by atoms with Crippen molar-refractivity contribution in [2.75, 3.05) is 13.1 Å². The largest absolute Gasteiger partial charge is 0.472 e. The Morgan fingerprint density at radius 2 is 2.12 bits per heavy atom. The molecule has 1 atom stereocenters. The Morgan fingerprint density at radius 3 is 2.88 bits per heavy atom. The van der Waals surface area contributed by atoms with E-state index < -0.39 is 0 Å². The molecule has 0 aromatic carbocycles. The van der Waals surface area contributed by atoms with Crippen LogP contribution in [0.2, 0.25) is 0 Å². The predicted octanol–water partition coefficient (Wildman–Crippen LogP) is 2.93. The van der Waals surface area contributed by atoms with E-state index in [4.69, 9.17) is 4.74 Å². The molecule has 1 fully saturated rings. The van der Waals surface area contributed by atoms with E-state index >= 15 is 0 Å². The third-order valence-corrected chi connectivity index (χ3v) is 5.32. The fourth-order valence-corrected chi connectivity index (χ4v) is 3.90. The van der Waals surface area contributed by atoms with Gasteiger partial charge in [-0.1, -0.05) is 17.4 Å². The molecule has 3 aromatic heterocycles. The van der Waals surface area contributed by atoms with E-state index in [1.54, 1.807) is 6.20 Å². The molecule has 1 aliphatic rings. The van der Waals surface area contributed by atoms with Crippen LogP contribution in [-0.4, -0.2) is 44.5 Å². The summed E-state index contributed by atoms with van der Waals surface area (Å²) in [6, 6.07) is 9.47. The summed E-state index contributed by atoms with van der Waals surface area (Å²) < 4.78 is 7.79. The fraction of sp³-hybridized carbons (Fsp3) is 0.278. The number of carbonyl (C=O) groups excluding carboxylic acids is 1. The van der Waals surface area contributed by atoms with Crippen LogP contribution >= 0.6 is 11.3 Å². The number of hydrogen-bond acceptors (Lipinski definition) is 5. The SMILES string of the molecule is Cc1nc(-n2cccc2)sc1C(=O)N1CCC(Oc2ccccn2)C1. The van der Waals surface area contributed by atoms with Gasteiger partial charge in [-0.05, 0) is 25.1 Å². The maximum absolute atomic E-state index is 12.9. The third-order valence-electron chi connectivity index (χ3n) is 4.16. The molecule has 128 valence electrons. The second-order valence-corrected chi connectivity index (χ2v) is 6.93. The maximum atomic E-state index is 12.9. The molecule has 4 heterocycles. The molecular formula is C18H18N4O2S. The van der Waals surface area contributed by atoms with Crippen LogP contribution in [0.15, 0.2) is 48.9 Å². The fourth-order valence-electron chi connectivity index (χ4n) is 2.89. The Hall–Kier alpha value is -2.67. The van der Waals surface area contributed by atoms with Crippen LogP contribution in [0.1, 0.15) is 21.8 Å². The number of amides is 1. The van der Waals surface area contributed by atoms with Gasteiger partial charge in [-0.3, -0.25) is 4.79 Å². The summed E-state index contributed by atoms with van der Waals surface area (Å²) >= 11 is 1.42. The molecule has 25 heavy (non-hydrogen) atoms. The Bertz CT molecular complexity index is 861. The van der Waals surface area contributed by atoms with Crippen LogP contribution in [0.3, 0.4) is 0 Å². The number of rotatable bonds is 4. The van der Waals surface area contributed by atoms with Gasteiger partial charge in [0.15, 0.2) is 5.13 Å². The average molecular weight is 354 g/mol. The lowest BCUT2D eigenvalue weighted by molar-refractivity contribution is 0.0775. The van der Waals surface area contributed by atoms with Gasteiger partial charge in [0, 0.05) is 37.6 Å². The Morgan fingerprint density at radius 1 is 1.28 bits per heavy atom. The number of pyridine rings is 1. The zero-order valence-corrected chi connectivity index (χ0v) is 14.6. The van der Waals surface area contributed by atoms with Crippen molar-refractivity contribution in [1.29, 1.82) is 0 Å². The zero-order chi connectivity index (χ0) is 17.2. The molecule has 0 saturated carbocycles. The number of aromatic nitrogens is 3. The van der Waals surface area contributed by atoms with E-state index in [1.807, 2.05) is 59.1 Å². The number of ether oxygens (including phenoxy) is 1. The van der Waals surface area contributed by atoms with Crippen LogP contribution in [0, 0.1) is 6.92 Å². The van der Waals surface area contributed by atoms with Gasteiger partial charge in [0.05, 0.1) is 12.2 Å². The number of aryl methyl sites for hydroxylation is 1. The molecular weight excluding hydrogens is 336 g/mol. The first-order chi connectivity index (χ1) is 12.2. The van der Waals surface area contributed by atoms with E-state index in [1.165, 1.54) is 11.3 Å². The molecule has 1 saturated heterocycles. The molecule has 3 aromatic rings. The molecule has 0 aliphatic carbocycles. The quantitative estimate of drug-likeness (QED) is 0.723. The predicted molar refractivity (Wildman–Crippen MR) is 95.4 cm³/mol. The van der Waals surface area contributed by atoms with Gasteiger partial charge in [-0.2, -0.15) is 0 Å². The minimum absolute atomic E-state index is 0.0176. The Balaban J connectivity index is 1.45. The van der Waals surface area contributed by atoms with Gasteiger partial charge in [-0.15, -0.1) is 0 Å². The smallest absolute Gasteiger partial charge is 0.266 e. The molecule has 0 radical (unpaired) electrons. The first-order valence-electron chi connectivity index (χ1n) is 8.18. The number of carbonyl (C=O) groups is 1. The minimum Gasteiger partial charge on any atom is -0.472 e. The molecule has 0 bridgehead atoms. The first-order valence-corrected chi connectivity index (χ1v) is 9.00. The lowest BCUT2D eigenvalue weighted by atomic mass is 10.3. The number of nitrogens with zero attached hydrogens (tertiary/aromatic N) is 4. The Kier molecular flexibility index (Phi) is 4.23. The summed E-state index contributed by atoms with van der Waals surface area (Å²) in [7, 11) is 0. The van der Waals surface area contributed by atoms with Crippen molar-refractivity contribution in [2.24, 2.45) is 0 Å². The van der Waals surface area contributed by atoms with Gasteiger partial charge in [0.25, 0.3) is 5.91 Å². The molecule has 4 rings (SSSR count). The molecule has 0 N–H and O–H groups in total. The van der Waals surface area contributed by atoms with Gasteiger partial charge < -0.3 is 14.2 Å². The zero-order valence-electron chi connectivity index (χ0n) is 13.8. The topological polar surface area (TPSA) is 60.2 Å². The van der Waals surface area contributed by atoms with Crippen LogP contribution < -0.4 is 4.74 Å². The lowest BCUT2D eigenvalue weighted by Crippen LogP contribution is -2.30. The van der Waals surface area contributed by atoms with Crippen molar-refractivity contribution in [3.05, 3.63) is 59.5 Å². The summed E-state index contributed by atoms with van der Waals surface area (Å²) in [6.07, 6.45) is 6.36. The van der Waals surface area contributed by atoms with E-state index in [0.717, 1.165) is 17.2 Å². The van der Waals surface area contributed by atoms with Crippen LogP contribution in [0.4, 0.5) is 0 Å². The second-order valence-electron chi connectivity index (χ2n) is 5.95. The Labute approximate surface area is 149 Å². The van der Waals surface area contributed by atoms with E-state index in [-0.39, 0.29) is 12.0 Å². The average Bonchev–Trinajstić information content (AvgIpc) is 3.35. The summed E-state index contributed by atoms with van der Waals surface area (Å²) in [4.78, 5) is 24.1. The van der Waals surface area contributed by atoms with Crippen LogP contribution in [-0.2, 0) is 0 Å². The molecule has 1 unspecified atom stereocenters. The van der Waals surface area contributed by atoms with E-state index in [2.05, 4.69) is 9.97 Å². The monoisotopic (exact) mass is 354 g/mol. The molecule has 1 aliphatic heterocycles. The molecule has 6 nitrogen and oxygen atoms in total. The van der Waals surface area contributed by atoms with Crippen molar-refractivity contribution in [3.8, 4) is 11.0 Å². The highest BCUT2D eigenvalue weighted by atomic mass is 32.1. The number of likely N-dealkylation sites (tertiary alicyclic amines) is 1. The summed E-state index contributed by atoms with van der Waals surface area (Å²) in [5.41, 5.74) is 0.771. The van der Waals surface area contributed by atoms with Crippen molar-refractivity contribution in [1.82, 2.24) is 19.4 Å². The van der Waals surface area contributed by atoms with E-state index in [0.29, 0.717) is 23.8 Å². The van der Waals surface area contributed by atoms with Gasteiger partial charge in [-0.25, -0.2) is 9.97 Å². The van der Waals surface area contributed by atoms with Crippen molar-refractivity contribution in [2.45, 2.75) is 19.4 Å². The highest BCUT2D eigenvalue weighted by Gasteiger charge is 2.30. The highest BCUT2D eigenvalue weighted by Crippen LogP contribution is 2.25. The van der Waals surface area contributed by atoms with Gasteiger partial charge in [0.2, 0.25) is 5.88 Å². The maximum Gasteiger partial charge on any atom is 0.266 e. The second kappa shape index (κ2) is 6.68. The van der Waals surface area contributed by atoms with Crippen LogP contribution in [0.5, 0.6) is 5.88 Å². The number of thiazole rings is 1. The van der Waals surface area contributed by atoms with Gasteiger partial charge in [0.1, 0.15) is 11.0 Å². The third kappa shape index (κ3) is 3.28. The summed E-state index contributed by atoms with van der Waals surface area (Å²) in [5, 5.41) is 0.811. The minimum atomic E-state index is -0.0176. The highest BCUT2D eigenvalue weighted by molar-refractivity contribution is 7.16.